The highest BCUT2D eigenvalue weighted by Crippen LogP contribution is 2.20. The zero-order valence-electron chi connectivity index (χ0n) is 10.2. The van der Waals surface area contributed by atoms with Gasteiger partial charge in [0.05, 0.1) is 5.52 Å². The second-order valence-corrected chi connectivity index (χ2v) is 4.28. The second kappa shape index (κ2) is 5.06. The largest absolute Gasteiger partial charge is 0.489 e. The number of hydrogen-bond donors (Lipinski definition) is 0. The molecule has 0 radical (unpaired) electrons. The first-order chi connectivity index (χ1) is 9.31. The lowest BCUT2D eigenvalue weighted by atomic mass is 10.2. The van der Waals surface area contributed by atoms with Gasteiger partial charge in [0, 0.05) is 11.6 Å². The number of hydrogen-bond acceptors (Lipinski definition) is 2. The molecule has 2 aromatic carbocycles. The molecule has 0 aliphatic heterocycles. The second-order valence-electron chi connectivity index (χ2n) is 4.28. The van der Waals surface area contributed by atoms with Gasteiger partial charge in [0.2, 0.25) is 0 Å². The van der Waals surface area contributed by atoms with Crippen LogP contribution >= 0.6 is 0 Å². The van der Waals surface area contributed by atoms with Crippen molar-refractivity contribution >= 4 is 10.9 Å². The van der Waals surface area contributed by atoms with Gasteiger partial charge in [0.25, 0.3) is 0 Å². The van der Waals surface area contributed by atoms with Crippen LogP contribution in [0.3, 0.4) is 0 Å². The van der Waals surface area contributed by atoms with Gasteiger partial charge in [0.15, 0.2) is 0 Å². The van der Waals surface area contributed by atoms with Crippen LogP contribution in [0.4, 0.5) is 4.39 Å². The van der Waals surface area contributed by atoms with E-state index in [9.17, 15) is 4.39 Å². The zero-order valence-corrected chi connectivity index (χ0v) is 10.2. The molecule has 0 saturated carbocycles. The molecule has 0 fully saturated rings. The van der Waals surface area contributed by atoms with E-state index in [-0.39, 0.29) is 5.82 Å². The van der Waals surface area contributed by atoms with Crippen LogP contribution in [0.1, 0.15) is 5.56 Å². The maximum Gasteiger partial charge on any atom is 0.123 e. The standard InChI is InChI=1S/C16H12FNO/c17-14-5-1-3-12(9-14)11-19-15-6-7-16-13(10-15)4-2-8-18-16/h1-10H,11H2. The summed E-state index contributed by atoms with van der Waals surface area (Å²) in [7, 11) is 0. The Bertz CT molecular complexity index is 712. The molecule has 3 heteroatoms. The van der Waals surface area contributed by atoms with Gasteiger partial charge in [-0.05, 0) is 42.0 Å². The molecule has 0 amide bonds. The molecule has 0 unspecified atom stereocenters. The number of fused-ring (bicyclic) bond motifs is 1. The summed E-state index contributed by atoms with van der Waals surface area (Å²) < 4.78 is 18.7. The molecule has 0 atom stereocenters. The summed E-state index contributed by atoms with van der Waals surface area (Å²) in [6.07, 6.45) is 1.76. The lowest BCUT2D eigenvalue weighted by molar-refractivity contribution is 0.306. The topological polar surface area (TPSA) is 22.1 Å². The number of nitrogens with zero attached hydrogens (tertiary/aromatic N) is 1. The summed E-state index contributed by atoms with van der Waals surface area (Å²) in [5.74, 6) is 0.508. The normalized spacial score (nSPS) is 10.6. The Morgan fingerprint density at radius 1 is 1.00 bits per heavy atom. The Labute approximate surface area is 110 Å². The van der Waals surface area contributed by atoms with E-state index in [0.29, 0.717) is 6.61 Å². The molecule has 0 spiro atoms. The van der Waals surface area contributed by atoms with E-state index < -0.39 is 0 Å². The van der Waals surface area contributed by atoms with Gasteiger partial charge in [-0.2, -0.15) is 0 Å². The first kappa shape index (κ1) is 11.7. The van der Waals surface area contributed by atoms with E-state index in [1.807, 2.05) is 36.4 Å². The minimum absolute atomic E-state index is 0.246. The average Bonchev–Trinajstić information content (AvgIpc) is 2.45. The van der Waals surface area contributed by atoms with Crippen molar-refractivity contribution in [3.63, 3.8) is 0 Å². The first-order valence-corrected chi connectivity index (χ1v) is 6.03. The van der Waals surface area contributed by atoms with Crippen LogP contribution in [-0.4, -0.2) is 4.98 Å². The fourth-order valence-electron chi connectivity index (χ4n) is 1.94. The van der Waals surface area contributed by atoms with Gasteiger partial charge in [-0.15, -0.1) is 0 Å². The Kier molecular flexibility index (Phi) is 3.11. The van der Waals surface area contributed by atoms with Crippen molar-refractivity contribution in [3.8, 4) is 5.75 Å². The van der Waals surface area contributed by atoms with Gasteiger partial charge in [0.1, 0.15) is 18.2 Å². The van der Waals surface area contributed by atoms with E-state index in [2.05, 4.69) is 4.98 Å². The summed E-state index contributed by atoms with van der Waals surface area (Å²) in [5, 5.41) is 1.03. The Balaban J connectivity index is 1.78. The van der Waals surface area contributed by atoms with E-state index in [1.165, 1.54) is 12.1 Å². The number of pyridine rings is 1. The quantitative estimate of drug-likeness (QED) is 0.705. The fraction of sp³-hybridized carbons (Fsp3) is 0.0625. The van der Waals surface area contributed by atoms with Gasteiger partial charge in [-0.1, -0.05) is 18.2 Å². The van der Waals surface area contributed by atoms with Crippen LogP contribution in [0, 0.1) is 5.82 Å². The highest BCUT2D eigenvalue weighted by Gasteiger charge is 2.00. The zero-order chi connectivity index (χ0) is 13.1. The predicted molar refractivity (Wildman–Crippen MR) is 72.5 cm³/mol. The molecule has 19 heavy (non-hydrogen) atoms. The van der Waals surface area contributed by atoms with E-state index >= 15 is 0 Å². The Morgan fingerprint density at radius 3 is 2.84 bits per heavy atom. The van der Waals surface area contributed by atoms with Crippen molar-refractivity contribution in [1.82, 2.24) is 4.98 Å². The highest BCUT2D eigenvalue weighted by atomic mass is 19.1. The molecule has 0 bridgehead atoms. The Hall–Kier alpha value is -2.42. The molecule has 3 aromatic rings. The molecule has 2 nitrogen and oxygen atoms in total. The molecule has 94 valence electrons. The molecular weight excluding hydrogens is 241 g/mol. The maximum atomic E-state index is 13.0. The molecule has 0 aliphatic carbocycles. The van der Waals surface area contributed by atoms with Crippen LogP contribution in [0.25, 0.3) is 10.9 Å². The summed E-state index contributed by atoms with van der Waals surface area (Å²) >= 11 is 0. The third-order valence-corrected chi connectivity index (χ3v) is 2.87. The third kappa shape index (κ3) is 2.71. The van der Waals surface area contributed by atoms with Crippen molar-refractivity contribution in [2.24, 2.45) is 0 Å². The van der Waals surface area contributed by atoms with E-state index in [4.69, 9.17) is 4.74 Å². The van der Waals surface area contributed by atoms with Crippen LogP contribution < -0.4 is 4.74 Å². The van der Waals surface area contributed by atoms with Crippen molar-refractivity contribution in [2.75, 3.05) is 0 Å². The molecule has 1 heterocycles. The number of aromatic nitrogens is 1. The summed E-state index contributed by atoms with van der Waals surface area (Å²) in [6.45, 7) is 0.351. The van der Waals surface area contributed by atoms with Crippen molar-refractivity contribution < 1.29 is 9.13 Å². The van der Waals surface area contributed by atoms with E-state index in [0.717, 1.165) is 22.2 Å². The Morgan fingerprint density at radius 2 is 1.95 bits per heavy atom. The highest BCUT2D eigenvalue weighted by molar-refractivity contribution is 5.79. The third-order valence-electron chi connectivity index (χ3n) is 2.87. The SMILES string of the molecule is Fc1cccc(COc2ccc3ncccc3c2)c1. The van der Waals surface area contributed by atoms with E-state index in [1.54, 1.807) is 12.3 Å². The molecule has 3 rings (SSSR count). The molecular formula is C16H12FNO. The predicted octanol–water partition coefficient (Wildman–Crippen LogP) is 3.95. The van der Waals surface area contributed by atoms with Crippen molar-refractivity contribution in [3.05, 3.63) is 72.2 Å². The number of rotatable bonds is 3. The van der Waals surface area contributed by atoms with Gasteiger partial charge in [-0.3, -0.25) is 4.98 Å². The van der Waals surface area contributed by atoms with Crippen molar-refractivity contribution in [2.45, 2.75) is 6.61 Å². The van der Waals surface area contributed by atoms with Crippen LogP contribution in [-0.2, 0) is 6.61 Å². The summed E-state index contributed by atoms with van der Waals surface area (Å²) in [4.78, 5) is 4.25. The smallest absolute Gasteiger partial charge is 0.123 e. The van der Waals surface area contributed by atoms with Crippen LogP contribution in [0.2, 0.25) is 0 Å². The maximum absolute atomic E-state index is 13.0. The summed E-state index contributed by atoms with van der Waals surface area (Å²) in [5.41, 5.74) is 1.74. The molecule has 0 N–H and O–H groups in total. The lowest BCUT2D eigenvalue weighted by Crippen LogP contribution is -1.95. The summed E-state index contributed by atoms with van der Waals surface area (Å²) in [6, 6.07) is 16.0. The fourth-order valence-corrected chi connectivity index (χ4v) is 1.94. The van der Waals surface area contributed by atoms with Crippen LogP contribution in [0.15, 0.2) is 60.8 Å². The first-order valence-electron chi connectivity index (χ1n) is 6.03. The molecule has 0 aliphatic rings. The monoisotopic (exact) mass is 253 g/mol. The minimum Gasteiger partial charge on any atom is -0.489 e. The minimum atomic E-state index is -0.246. The number of benzene rings is 2. The van der Waals surface area contributed by atoms with Gasteiger partial charge < -0.3 is 4.74 Å². The number of ether oxygens (including phenoxy) is 1. The van der Waals surface area contributed by atoms with Crippen LogP contribution in [0.5, 0.6) is 5.75 Å². The van der Waals surface area contributed by atoms with Gasteiger partial charge >= 0.3 is 0 Å². The molecule has 0 saturated heterocycles. The molecule has 1 aromatic heterocycles. The lowest BCUT2D eigenvalue weighted by Gasteiger charge is -2.07. The van der Waals surface area contributed by atoms with Gasteiger partial charge in [-0.25, -0.2) is 4.39 Å². The average molecular weight is 253 g/mol. The number of halogens is 1. The van der Waals surface area contributed by atoms with Crippen molar-refractivity contribution in [1.29, 1.82) is 0 Å².